The Morgan fingerprint density at radius 3 is 2.60 bits per heavy atom. The van der Waals surface area contributed by atoms with Gasteiger partial charge in [0.1, 0.15) is 0 Å². The molecule has 8 heteroatoms. The predicted molar refractivity (Wildman–Crippen MR) is 118 cm³/mol. The second-order valence-corrected chi connectivity index (χ2v) is 9.33. The first kappa shape index (κ1) is 20.6. The van der Waals surface area contributed by atoms with Crippen molar-refractivity contribution in [3.05, 3.63) is 40.9 Å². The van der Waals surface area contributed by atoms with Gasteiger partial charge in [-0.1, -0.05) is 6.07 Å². The molecule has 1 aromatic carbocycles. The number of piperidine rings is 1. The van der Waals surface area contributed by atoms with E-state index in [1.807, 2.05) is 6.07 Å². The Morgan fingerprint density at radius 2 is 1.97 bits per heavy atom. The second kappa shape index (κ2) is 8.57. The lowest BCUT2D eigenvalue weighted by Gasteiger charge is -2.36. The van der Waals surface area contributed by atoms with Gasteiger partial charge in [0.15, 0.2) is 5.69 Å². The number of carboxylic acid groups (broad SMARTS) is 1. The molecule has 1 amide bonds. The Hall–Kier alpha value is -2.71. The van der Waals surface area contributed by atoms with E-state index in [-0.39, 0.29) is 18.4 Å². The fourth-order valence-corrected chi connectivity index (χ4v) is 5.58. The molecule has 0 saturated carbocycles. The number of nitrogens with one attached hydrogen (secondary N) is 2. The maximum atomic E-state index is 13.0. The molecule has 3 aromatic rings. The number of carbonyl (C=O) groups excluding carboxylic acids is 1. The lowest BCUT2D eigenvalue weighted by molar-refractivity contribution is -0.122. The molecular weight excluding hydrogens is 400 g/mol. The van der Waals surface area contributed by atoms with Crippen LogP contribution in [0.4, 0.5) is 0 Å². The predicted octanol–water partition coefficient (Wildman–Crippen LogP) is 3.66. The van der Waals surface area contributed by atoms with E-state index in [0.717, 1.165) is 29.3 Å². The largest absolute Gasteiger partial charge is 0.483 e. The zero-order chi connectivity index (χ0) is 21.3. The number of aromatic nitrogens is 2. The van der Waals surface area contributed by atoms with Gasteiger partial charge in [-0.3, -0.25) is 14.7 Å². The minimum atomic E-state index is -0.250. The van der Waals surface area contributed by atoms with Crippen molar-refractivity contribution in [2.75, 3.05) is 7.05 Å². The van der Waals surface area contributed by atoms with Crippen molar-refractivity contribution in [1.82, 2.24) is 20.4 Å². The number of hydrogen-bond acceptors (Lipinski definition) is 5. The molecule has 3 N–H and O–H groups in total. The Balaban J connectivity index is 0.000000687. The van der Waals surface area contributed by atoms with Crippen molar-refractivity contribution >= 4 is 34.6 Å². The minimum Gasteiger partial charge on any atom is -0.483 e. The standard InChI is InChI=1S/C21H24N4OS.CH2O2/c1-12-3-8-19(27-12)13-4-7-18-17(9-13)20(24-23-18)21(26)22-14-10-15-5-6-16(11-14)25(15)2;2-1-3/h3-4,7-9,14-16H,5-6,10-11H2,1-2H3,(H,22,26)(H,23,24);1H,(H,2,3). The molecule has 2 unspecified atom stereocenters. The first-order valence-electron chi connectivity index (χ1n) is 10.2. The van der Waals surface area contributed by atoms with Crippen molar-refractivity contribution in [2.45, 2.75) is 50.7 Å². The zero-order valence-corrected chi connectivity index (χ0v) is 17.9. The molecule has 4 heterocycles. The number of nitrogens with zero attached hydrogens (tertiary/aromatic N) is 2. The van der Waals surface area contributed by atoms with E-state index >= 15 is 0 Å². The van der Waals surface area contributed by atoms with Crippen LogP contribution < -0.4 is 5.32 Å². The van der Waals surface area contributed by atoms with Crippen LogP contribution in [0.15, 0.2) is 30.3 Å². The van der Waals surface area contributed by atoms with E-state index in [1.165, 1.54) is 22.6 Å². The number of thiophene rings is 1. The third-order valence-electron chi connectivity index (χ3n) is 6.24. The van der Waals surface area contributed by atoms with Crippen LogP contribution in [-0.4, -0.2) is 57.8 Å². The second-order valence-electron chi connectivity index (χ2n) is 8.04. The number of rotatable bonds is 3. The maximum absolute atomic E-state index is 13.0. The van der Waals surface area contributed by atoms with E-state index in [1.54, 1.807) is 11.3 Å². The van der Waals surface area contributed by atoms with Gasteiger partial charge in [-0.2, -0.15) is 5.10 Å². The molecular formula is C22H26N4O3S. The quantitative estimate of drug-likeness (QED) is 0.555. The summed E-state index contributed by atoms with van der Waals surface area (Å²) in [5.74, 6) is -0.0605. The van der Waals surface area contributed by atoms with Gasteiger partial charge >= 0.3 is 0 Å². The summed E-state index contributed by atoms with van der Waals surface area (Å²) in [7, 11) is 2.22. The van der Waals surface area contributed by atoms with Crippen LogP contribution >= 0.6 is 11.3 Å². The smallest absolute Gasteiger partial charge is 0.290 e. The van der Waals surface area contributed by atoms with E-state index in [2.05, 4.69) is 58.7 Å². The summed E-state index contributed by atoms with van der Waals surface area (Å²) in [6, 6.07) is 11.9. The first-order valence-corrected chi connectivity index (χ1v) is 11.0. The van der Waals surface area contributed by atoms with E-state index in [0.29, 0.717) is 17.8 Å². The summed E-state index contributed by atoms with van der Waals surface area (Å²) in [6.07, 6.45) is 4.59. The van der Waals surface area contributed by atoms with Crippen molar-refractivity contribution in [3.8, 4) is 10.4 Å². The average Bonchev–Trinajstić information content (AvgIpc) is 3.38. The summed E-state index contributed by atoms with van der Waals surface area (Å²) in [5, 5.41) is 18.4. The molecule has 2 aliphatic heterocycles. The summed E-state index contributed by atoms with van der Waals surface area (Å²) < 4.78 is 0. The van der Waals surface area contributed by atoms with Gasteiger partial charge in [0.25, 0.3) is 12.4 Å². The Labute approximate surface area is 179 Å². The van der Waals surface area contributed by atoms with E-state index < -0.39 is 0 Å². The highest BCUT2D eigenvalue weighted by molar-refractivity contribution is 7.15. The zero-order valence-electron chi connectivity index (χ0n) is 17.1. The van der Waals surface area contributed by atoms with Crippen molar-refractivity contribution in [2.24, 2.45) is 0 Å². The summed E-state index contributed by atoms with van der Waals surface area (Å²) in [4.78, 5) is 26.3. The highest BCUT2D eigenvalue weighted by atomic mass is 32.1. The number of aromatic amines is 1. The van der Waals surface area contributed by atoms with Gasteiger partial charge in [0.05, 0.1) is 5.52 Å². The third kappa shape index (κ3) is 3.97. The van der Waals surface area contributed by atoms with Crippen molar-refractivity contribution in [3.63, 3.8) is 0 Å². The third-order valence-corrected chi connectivity index (χ3v) is 7.29. The van der Waals surface area contributed by atoms with Gasteiger partial charge in [-0.25, -0.2) is 0 Å². The molecule has 158 valence electrons. The van der Waals surface area contributed by atoms with Gasteiger partial charge in [0.2, 0.25) is 0 Å². The summed E-state index contributed by atoms with van der Waals surface area (Å²) in [5.41, 5.74) is 2.54. The fraction of sp³-hybridized carbons (Fsp3) is 0.409. The molecule has 30 heavy (non-hydrogen) atoms. The van der Waals surface area contributed by atoms with Crippen molar-refractivity contribution in [1.29, 1.82) is 0 Å². The van der Waals surface area contributed by atoms with Crippen LogP contribution in [0.1, 0.15) is 41.0 Å². The molecule has 2 saturated heterocycles. The number of H-pyrrole nitrogens is 1. The van der Waals surface area contributed by atoms with E-state index in [4.69, 9.17) is 9.90 Å². The number of hydrogen-bond donors (Lipinski definition) is 3. The molecule has 7 nitrogen and oxygen atoms in total. The SMILES string of the molecule is Cc1ccc(-c2ccc3[nH]nc(C(=O)NC4CC5CCC(C4)N5C)c3c2)s1.O=CO. The van der Waals surface area contributed by atoms with Crippen molar-refractivity contribution < 1.29 is 14.7 Å². The molecule has 2 atom stereocenters. The van der Waals surface area contributed by atoms with Crippen LogP contribution in [0, 0.1) is 6.92 Å². The Kier molecular flexibility index (Phi) is 5.87. The van der Waals surface area contributed by atoms with Crippen LogP contribution in [0.3, 0.4) is 0 Å². The number of fused-ring (bicyclic) bond motifs is 3. The normalized spacial score (nSPS) is 23.1. The fourth-order valence-electron chi connectivity index (χ4n) is 4.71. The van der Waals surface area contributed by atoms with Crippen LogP contribution in [0.25, 0.3) is 21.3 Å². The summed E-state index contributed by atoms with van der Waals surface area (Å²) >= 11 is 1.77. The van der Waals surface area contributed by atoms with E-state index in [9.17, 15) is 4.79 Å². The highest BCUT2D eigenvalue weighted by Gasteiger charge is 2.39. The van der Waals surface area contributed by atoms with Gasteiger partial charge in [0, 0.05) is 33.3 Å². The molecule has 2 bridgehead atoms. The molecule has 0 spiro atoms. The number of benzene rings is 1. The van der Waals surface area contributed by atoms with Gasteiger partial charge < -0.3 is 15.3 Å². The number of amides is 1. The Morgan fingerprint density at radius 1 is 1.27 bits per heavy atom. The van der Waals surface area contributed by atoms with Crippen LogP contribution in [-0.2, 0) is 4.79 Å². The lowest BCUT2D eigenvalue weighted by atomic mass is 9.98. The average molecular weight is 427 g/mol. The molecule has 2 aliphatic rings. The topological polar surface area (TPSA) is 98.3 Å². The number of aryl methyl sites for hydroxylation is 1. The minimum absolute atomic E-state index is 0.0605. The number of carbonyl (C=O) groups is 2. The lowest BCUT2D eigenvalue weighted by Crippen LogP contribution is -2.48. The maximum Gasteiger partial charge on any atom is 0.290 e. The van der Waals surface area contributed by atoms with Crippen LogP contribution in [0.5, 0.6) is 0 Å². The van der Waals surface area contributed by atoms with Crippen LogP contribution in [0.2, 0.25) is 0 Å². The van der Waals surface area contributed by atoms with Gasteiger partial charge in [-0.15, -0.1) is 11.3 Å². The molecule has 5 rings (SSSR count). The molecule has 2 fully saturated rings. The first-order chi connectivity index (χ1) is 14.5. The monoisotopic (exact) mass is 426 g/mol. The summed E-state index contributed by atoms with van der Waals surface area (Å²) in [6.45, 7) is 1.86. The van der Waals surface area contributed by atoms with Gasteiger partial charge in [-0.05, 0) is 69.5 Å². The molecule has 2 aromatic heterocycles. The molecule has 0 aliphatic carbocycles. The Bertz CT molecular complexity index is 1050. The molecule has 0 radical (unpaired) electrons. The highest BCUT2D eigenvalue weighted by Crippen LogP contribution is 2.34.